The van der Waals surface area contributed by atoms with Gasteiger partial charge in [-0.1, -0.05) is 5.21 Å². The lowest BCUT2D eigenvalue weighted by Gasteiger charge is -2.22. The number of aromatic nitrogens is 3. The normalized spacial score (nSPS) is 16.1. The molecule has 2 N–H and O–H groups in total. The van der Waals surface area contributed by atoms with Crippen LogP contribution < -0.4 is 10.6 Å². The summed E-state index contributed by atoms with van der Waals surface area (Å²) in [5.74, 6) is -0.926. The topological polar surface area (TPSA) is 98.1 Å². The zero-order chi connectivity index (χ0) is 13.7. The van der Waals surface area contributed by atoms with Crippen molar-refractivity contribution in [1.82, 2.24) is 25.6 Å². The number of piperidine rings is 1. The number of methoxy groups -OCH3 is 1. The number of nitrogens with zero attached hydrogens (tertiary/aromatic N) is 3. The Bertz CT molecular complexity index is 453. The second-order valence-corrected chi connectivity index (χ2v) is 4.32. The summed E-state index contributed by atoms with van der Waals surface area (Å²) in [5, 5.41) is 13.5. The van der Waals surface area contributed by atoms with Gasteiger partial charge in [0.15, 0.2) is 5.69 Å². The minimum Gasteiger partial charge on any atom is -0.468 e. The third-order valence-corrected chi connectivity index (χ3v) is 3.05. The Morgan fingerprint density at radius 3 is 2.95 bits per heavy atom. The van der Waals surface area contributed by atoms with Gasteiger partial charge in [-0.25, -0.2) is 4.68 Å². The Balaban J connectivity index is 1.92. The van der Waals surface area contributed by atoms with Crippen molar-refractivity contribution in [2.24, 2.45) is 0 Å². The highest BCUT2D eigenvalue weighted by Gasteiger charge is 2.18. The first-order chi connectivity index (χ1) is 9.20. The smallest absolute Gasteiger partial charge is 0.325 e. The van der Waals surface area contributed by atoms with Gasteiger partial charge < -0.3 is 15.4 Å². The van der Waals surface area contributed by atoms with Crippen LogP contribution in [0.5, 0.6) is 0 Å². The molecule has 0 saturated carbocycles. The molecule has 19 heavy (non-hydrogen) atoms. The molecular weight excluding hydrogens is 250 g/mol. The van der Waals surface area contributed by atoms with Crippen molar-refractivity contribution in [3.63, 3.8) is 0 Å². The van der Waals surface area contributed by atoms with Crippen LogP contribution >= 0.6 is 0 Å². The van der Waals surface area contributed by atoms with Gasteiger partial charge in [-0.15, -0.1) is 5.10 Å². The van der Waals surface area contributed by atoms with Crippen LogP contribution in [0.1, 0.15) is 29.4 Å². The third-order valence-electron chi connectivity index (χ3n) is 3.05. The summed E-state index contributed by atoms with van der Waals surface area (Å²) in [6.07, 6.45) is 3.54. The molecule has 2 heterocycles. The summed E-state index contributed by atoms with van der Waals surface area (Å²) in [6, 6.07) is 0.274. The molecular formula is C11H17N5O3. The van der Waals surface area contributed by atoms with E-state index in [1.807, 2.05) is 0 Å². The molecule has 104 valence electrons. The molecule has 1 aliphatic heterocycles. The molecule has 1 saturated heterocycles. The molecule has 0 unspecified atom stereocenters. The van der Waals surface area contributed by atoms with Crippen LogP contribution in [-0.2, 0) is 9.53 Å². The largest absolute Gasteiger partial charge is 0.468 e. The summed E-state index contributed by atoms with van der Waals surface area (Å²) < 4.78 is 6.15. The molecule has 8 heteroatoms. The molecule has 1 amide bonds. The number of hydrogen-bond donors (Lipinski definition) is 2. The Morgan fingerprint density at radius 1 is 1.53 bits per heavy atom. The summed E-state index contributed by atoms with van der Waals surface area (Å²) >= 11 is 0. The fourth-order valence-electron chi connectivity index (χ4n) is 1.95. The Labute approximate surface area is 110 Å². The Hall–Kier alpha value is -1.96. The molecule has 0 radical (unpaired) electrons. The first-order valence-electron chi connectivity index (χ1n) is 6.18. The zero-order valence-corrected chi connectivity index (χ0v) is 10.8. The second kappa shape index (κ2) is 6.28. The van der Waals surface area contributed by atoms with Gasteiger partial charge in [-0.05, 0) is 25.9 Å². The number of nitrogens with one attached hydrogen (secondary N) is 2. The van der Waals surface area contributed by atoms with Crippen LogP contribution in [0.3, 0.4) is 0 Å². The summed E-state index contributed by atoms with van der Waals surface area (Å²) in [4.78, 5) is 22.6. The number of amides is 1. The first-order valence-corrected chi connectivity index (χ1v) is 6.18. The SMILES string of the molecule is COC(=O)CNC(=O)c1cn(C2CCNCC2)nn1. The van der Waals surface area contributed by atoms with Crippen LogP contribution in [0.4, 0.5) is 0 Å². The lowest BCUT2D eigenvalue weighted by atomic mass is 10.1. The van der Waals surface area contributed by atoms with E-state index >= 15 is 0 Å². The molecule has 0 aliphatic carbocycles. The average Bonchev–Trinajstić information content (AvgIpc) is 2.95. The van der Waals surface area contributed by atoms with Crippen LogP contribution in [0.2, 0.25) is 0 Å². The van der Waals surface area contributed by atoms with Crippen LogP contribution in [0.25, 0.3) is 0 Å². The van der Waals surface area contributed by atoms with Gasteiger partial charge in [0.05, 0.1) is 19.3 Å². The first kappa shape index (κ1) is 13.5. The van der Waals surface area contributed by atoms with Crippen molar-refractivity contribution in [3.8, 4) is 0 Å². The van der Waals surface area contributed by atoms with E-state index in [0.717, 1.165) is 25.9 Å². The van der Waals surface area contributed by atoms with Gasteiger partial charge in [0.2, 0.25) is 0 Å². The van der Waals surface area contributed by atoms with Crippen molar-refractivity contribution >= 4 is 11.9 Å². The number of carbonyl (C=O) groups is 2. The van der Waals surface area contributed by atoms with Gasteiger partial charge >= 0.3 is 5.97 Å². The van der Waals surface area contributed by atoms with E-state index in [1.54, 1.807) is 10.9 Å². The Kier molecular flexibility index (Phi) is 4.45. The van der Waals surface area contributed by atoms with E-state index in [4.69, 9.17) is 0 Å². The molecule has 0 atom stereocenters. The number of carbonyl (C=O) groups excluding carboxylic acids is 2. The van der Waals surface area contributed by atoms with Crippen molar-refractivity contribution in [2.45, 2.75) is 18.9 Å². The predicted octanol–water partition coefficient (Wildman–Crippen LogP) is -0.895. The maximum Gasteiger partial charge on any atom is 0.325 e. The maximum absolute atomic E-state index is 11.7. The fourth-order valence-corrected chi connectivity index (χ4v) is 1.95. The molecule has 8 nitrogen and oxygen atoms in total. The molecule has 0 aromatic carbocycles. The van der Waals surface area contributed by atoms with E-state index in [0.29, 0.717) is 0 Å². The summed E-state index contributed by atoms with van der Waals surface area (Å²) in [5.41, 5.74) is 0.211. The summed E-state index contributed by atoms with van der Waals surface area (Å²) in [7, 11) is 1.27. The molecule has 2 rings (SSSR count). The number of hydrogen-bond acceptors (Lipinski definition) is 6. The molecule has 0 bridgehead atoms. The minimum atomic E-state index is -0.501. The second-order valence-electron chi connectivity index (χ2n) is 4.32. The van der Waals surface area contributed by atoms with Gasteiger partial charge in [-0.2, -0.15) is 0 Å². The number of esters is 1. The van der Waals surface area contributed by atoms with Crippen molar-refractivity contribution in [3.05, 3.63) is 11.9 Å². The predicted molar refractivity (Wildman–Crippen MR) is 65.5 cm³/mol. The van der Waals surface area contributed by atoms with Crippen molar-refractivity contribution in [1.29, 1.82) is 0 Å². The fraction of sp³-hybridized carbons (Fsp3) is 0.636. The van der Waals surface area contributed by atoms with Gasteiger partial charge in [0.25, 0.3) is 5.91 Å². The maximum atomic E-state index is 11.7. The number of ether oxygens (including phenoxy) is 1. The van der Waals surface area contributed by atoms with Gasteiger partial charge in [0.1, 0.15) is 6.54 Å². The molecule has 1 fully saturated rings. The van der Waals surface area contributed by atoms with Crippen molar-refractivity contribution < 1.29 is 14.3 Å². The average molecular weight is 267 g/mol. The highest BCUT2D eigenvalue weighted by molar-refractivity contribution is 5.93. The van der Waals surface area contributed by atoms with Crippen molar-refractivity contribution in [2.75, 3.05) is 26.7 Å². The third kappa shape index (κ3) is 3.50. The van der Waals surface area contributed by atoms with Crippen LogP contribution in [0, 0.1) is 0 Å². The van der Waals surface area contributed by atoms with E-state index in [2.05, 4.69) is 25.7 Å². The molecule has 1 aliphatic rings. The molecule has 0 spiro atoms. The van der Waals surface area contributed by atoms with Gasteiger partial charge in [0, 0.05) is 0 Å². The van der Waals surface area contributed by atoms with E-state index in [-0.39, 0.29) is 18.3 Å². The molecule has 1 aromatic heterocycles. The highest BCUT2D eigenvalue weighted by Crippen LogP contribution is 2.16. The highest BCUT2D eigenvalue weighted by atomic mass is 16.5. The quantitative estimate of drug-likeness (QED) is 0.686. The summed E-state index contributed by atoms with van der Waals surface area (Å²) in [6.45, 7) is 1.71. The standard InChI is InChI=1S/C11H17N5O3/c1-19-10(17)6-13-11(18)9-7-16(15-14-9)8-2-4-12-5-3-8/h7-8,12H,2-6H2,1H3,(H,13,18). The Morgan fingerprint density at radius 2 is 2.26 bits per heavy atom. The van der Waals surface area contributed by atoms with Crippen LogP contribution in [0.15, 0.2) is 6.20 Å². The zero-order valence-electron chi connectivity index (χ0n) is 10.8. The lowest BCUT2D eigenvalue weighted by Crippen LogP contribution is -2.30. The minimum absolute atomic E-state index is 0.171. The number of rotatable bonds is 4. The van der Waals surface area contributed by atoms with E-state index in [1.165, 1.54) is 7.11 Å². The van der Waals surface area contributed by atoms with E-state index in [9.17, 15) is 9.59 Å². The van der Waals surface area contributed by atoms with E-state index < -0.39 is 11.9 Å². The lowest BCUT2D eigenvalue weighted by molar-refractivity contribution is -0.139. The monoisotopic (exact) mass is 267 g/mol. The molecule has 1 aromatic rings. The van der Waals surface area contributed by atoms with Gasteiger partial charge in [-0.3, -0.25) is 9.59 Å². The van der Waals surface area contributed by atoms with Crippen LogP contribution in [-0.4, -0.2) is 53.6 Å².